The number of unbranched alkanes of at least 4 members (excludes halogenated alkanes) is 5. The fourth-order valence-corrected chi connectivity index (χ4v) is 2.02. The van der Waals surface area contributed by atoms with Crippen LogP contribution >= 0.6 is 11.6 Å². The SMILES string of the molecule is CCCCCCC=CCC=CCOCCC=C=CCCCCl. The fourth-order valence-electron chi connectivity index (χ4n) is 1.87. The Labute approximate surface area is 142 Å². The predicted molar refractivity (Wildman–Crippen MR) is 99.7 cm³/mol. The van der Waals surface area contributed by atoms with Gasteiger partial charge in [-0.3, -0.25) is 0 Å². The largest absolute Gasteiger partial charge is 0.377 e. The fraction of sp³-hybridized carbons (Fsp3) is 0.650. The molecule has 0 aliphatic heterocycles. The van der Waals surface area contributed by atoms with Crippen LogP contribution in [0.2, 0.25) is 0 Å². The Morgan fingerprint density at radius 2 is 1.68 bits per heavy atom. The van der Waals surface area contributed by atoms with Gasteiger partial charge in [0.05, 0.1) is 13.2 Å². The van der Waals surface area contributed by atoms with E-state index in [0.717, 1.165) is 38.2 Å². The number of alkyl halides is 1. The van der Waals surface area contributed by atoms with E-state index in [1.54, 1.807) is 0 Å². The molecule has 0 amide bonds. The molecule has 0 radical (unpaired) electrons. The van der Waals surface area contributed by atoms with Crippen LogP contribution in [0.4, 0.5) is 0 Å². The molecule has 0 fully saturated rings. The minimum Gasteiger partial charge on any atom is -0.377 e. The van der Waals surface area contributed by atoms with E-state index in [4.69, 9.17) is 16.3 Å². The first-order chi connectivity index (χ1) is 10.9. The summed E-state index contributed by atoms with van der Waals surface area (Å²) in [6.45, 7) is 3.71. The highest BCUT2D eigenvalue weighted by Gasteiger charge is 1.84. The van der Waals surface area contributed by atoms with E-state index >= 15 is 0 Å². The van der Waals surface area contributed by atoms with Gasteiger partial charge in [-0.1, -0.05) is 50.5 Å². The first kappa shape index (κ1) is 21.2. The first-order valence-corrected chi connectivity index (χ1v) is 9.28. The Balaban J connectivity index is 3.30. The summed E-state index contributed by atoms with van der Waals surface area (Å²) in [7, 11) is 0. The van der Waals surface area contributed by atoms with Gasteiger partial charge >= 0.3 is 0 Å². The summed E-state index contributed by atoms with van der Waals surface area (Å²) in [5.74, 6) is 0.724. The third-order valence-corrected chi connectivity index (χ3v) is 3.44. The number of halogens is 1. The van der Waals surface area contributed by atoms with Crippen molar-refractivity contribution < 1.29 is 4.74 Å². The van der Waals surface area contributed by atoms with Gasteiger partial charge < -0.3 is 4.74 Å². The van der Waals surface area contributed by atoms with Gasteiger partial charge in [-0.2, -0.15) is 0 Å². The van der Waals surface area contributed by atoms with Gasteiger partial charge in [0.25, 0.3) is 0 Å². The van der Waals surface area contributed by atoms with Crippen LogP contribution < -0.4 is 0 Å². The minimum absolute atomic E-state index is 0.703. The van der Waals surface area contributed by atoms with Gasteiger partial charge in [-0.05, 0) is 50.7 Å². The zero-order valence-corrected chi connectivity index (χ0v) is 15.0. The maximum atomic E-state index is 5.59. The molecule has 0 saturated heterocycles. The summed E-state index contributed by atoms with van der Waals surface area (Å²) in [4.78, 5) is 0. The molecular weight excluding hydrogens is 292 g/mol. The molecule has 0 aromatic heterocycles. The maximum absolute atomic E-state index is 5.59. The second-order valence-corrected chi connectivity index (χ2v) is 5.68. The molecule has 0 aliphatic rings. The molecule has 0 spiro atoms. The van der Waals surface area contributed by atoms with Crippen molar-refractivity contribution in [2.45, 2.75) is 64.7 Å². The smallest absolute Gasteiger partial charge is 0.0647 e. The van der Waals surface area contributed by atoms with Crippen LogP contribution in [0.15, 0.2) is 42.2 Å². The summed E-state index contributed by atoms with van der Waals surface area (Å²) in [5, 5.41) is 0. The number of hydrogen-bond acceptors (Lipinski definition) is 1. The third kappa shape index (κ3) is 19.2. The van der Waals surface area contributed by atoms with Gasteiger partial charge in [-0.25, -0.2) is 0 Å². The summed E-state index contributed by atoms with van der Waals surface area (Å²) in [5.41, 5.74) is 3.15. The van der Waals surface area contributed by atoms with Crippen molar-refractivity contribution in [1.29, 1.82) is 0 Å². The maximum Gasteiger partial charge on any atom is 0.0647 e. The second-order valence-electron chi connectivity index (χ2n) is 5.30. The molecule has 0 aliphatic carbocycles. The van der Waals surface area contributed by atoms with E-state index in [9.17, 15) is 0 Å². The van der Waals surface area contributed by atoms with Crippen molar-refractivity contribution in [3.63, 3.8) is 0 Å². The zero-order valence-electron chi connectivity index (χ0n) is 14.2. The average molecular weight is 325 g/mol. The van der Waals surface area contributed by atoms with Gasteiger partial charge in [0.2, 0.25) is 0 Å². The van der Waals surface area contributed by atoms with Crippen molar-refractivity contribution in [3.8, 4) is 0 Å². The standard InChI is InChI=1S/C20H33ClO/c1-2-3-4-5-6-7-8-10-13-16-19-22-20-17-14-11-9-12-15-18-21/h7-9,13-14,16H,2-6,10,12,15,17-20H2,1H3. The molecule has 0 aromatic carbocycles. The Morgan fingerprint density at radius 1 is 0.864 bits per heavy atom. The Kier molecular flexibility index (Phi) is 19.6. The number of allylic oxidation sites excluding steroid dienone is 3. The minimum atomic E-state index is 0.703. The van der Waals surface area contributed by atoms with Crippen LogP contribution in [0.25, 0.3) is 0 Å². The van der Waals surface area contributed by atoms with E-state index in [1.165, 1.54) is 32.1 Å². The van der Waals surface area contributed by atoms with E-state index in [2.05, 4.69) is 37.0 Å². The highest BCUT2D eigenvalue weighted by molar-refractivity contribution is 6.17. The monoisotopic (exact) mass is 324 g/mol. The van der Waals surface area contributed by atoms with E-state index in [0.29, 0.717) is 6.61 Å². The highest BCUT2D eigenvalue weighted by atomic mass is 35.5. The van der Waals surface area contributed by atoms with Crippen LogP contribution in [-0.4, -0.2) is 19.1 Å². The van der Waals surface area contributed by atoms with Gasteiger partial charge in [0, 0.05) is 5.88 Å². The lowest BCUT2D eigenvalue weighted by Crippen LogP contribution is -1.91. The van der Waals surface area contributed by atoms with Crippen LogP contribution in [0.5, 0.6) is 0 Å². The van der Waals surface area contributed by atoms with Crippen LogP contribution in [-0.2, 0) is 4.74 Å². The highest BCUT2D eigenvalue weighted by Crippen LogP contribution is 2.03. The normalized spacial score (nSPS) is 11.2. The molecule has 0 bridgehead atoms. The summed E-state index contributed by atoms with van der Waals surface area (Å²) in [6, 6.07) is 0. The number of rotatable bonds is 15. The Morgan fingerprint density at radius 3 is 2.50 bits per heavy atom. The van der Waals surface area contributed by atoms with Crippen molar-refractivity contribution in [3.05, 3.63) is 42.2 Å². The summed E-state index contributed by atoms with van der Waals surface area (Å²) >= 11 is 5.59. The van der Waals surface area contributed by atoms with Gasteiger partial charge in [-0.15, -0.1) is 17.3 Å². The molecule has 0 rings (SSSR count). The molecule has 0 atom stereocenters. The second kappa shape index (κ2) is 20.2. The van der Waals surface area contributed by atoms with E-state index < -0.39 is 0 Å². The molecular formula is C20H33ClO. The Hall–Kier alpha value is -0.750. The van der Waals surface area contributed by atoms with Crippen molar-refractivity contribution in [1.82, 2.24) is 0 Å². The van der Waals surface area contributed by atoms with Crippen LogP contribution in [0.1, 0.15) is 64.7 Å². The first-order valence-electron chi connectivity index (χ1n) is 8.75. The molecule has 0 aromatic rings. The van der Waals surface area contributed by atoms with Gasteiger partial charge in [0.1, 0.15) is 0 Å². The van der Waals surface area contributed by atoms with Crippen molar-refractivity contribution in [2.75, 3.05) is 19.1 Å². The van der Waals surface area contributed by atoms with E-state index in [-0.39, 0.29) is 0 Å². The molecule has 0 N–H and O–H groups in total. The lowest BCUT2D eigenvalue weighted by atomic mass is 10.1. The molecule has 1 nitrogen and oxygen atoms in total. The van der Waals surface area contributed by atoms with Gasteiger partial charge in [0.15, 0.2) is 0 Å². The molecule has 0 unspecified atom stereocenters. The van der Waals surface area contributed by atoms with Crippen molar-refractivity contribution >= 4 is 11.6 Å². The van der Waals surface area contributed by atoms with Crippen LogP contribution in [0, 0.1) is 0 Å². The molecule has 0 saturated carbocycles. The lowest BCUT2D eigenvalue weighted by molar-refractivity contribution is 0.167. The van der Waals surface area contributed by atoms with Crippen molar-refractivity contribution in [2.24, 2.45) is 0 Å². The quantitative estimate of drug-likeness (QED) is 0.143. The lowest BCUT2D eigenvalue weighted by Gasteiger charge is -1.96. The number of hydrogen-bond donors (Lipinski definition) is 0. The molecule has 22 heavy (non-hydrogen) atoms. The molecule has 126 valence electrons. The molecule has 0 heterocycles. The van der Waals surface area contributed by atoms with E-state index in [1.807, 2.05) is 12.2 Å². The predicted octanol–water partition coefficient (Wildman–Crippen LogP) is 6.60. The average Bonchev–Trinajstić information content (AvgIpc) is 2.54. The van der Waals surface area contributed by atoms with Crippen LogP contribution in [0.3, 0.4) is 0 Å². The summed E-state index contributed by atoms with van der Waals surface area (Å²) in [6.07, 6.45) is 23.4. The zero-order chi connectivity index (χ0) is 16.1. The molecule has 2 heteroatoms. The Bertz CT molecular complexity index is 325. The number of ether oxygens (including phenoxy) is 1. The summed E-state index contributed by atoms with van der Waals surface area (Å²) < 4.78 is 5.52. The third-order valence-electron chi connectivity index (χ3n) is 3.17. The topological polar surface area (TPSA) is 9.23 Å².